The lowest BCUT2D eigenvalue weighted by Crippen LogP contribution is -2.44. The molecule has 0 aliphatic rings. The van der Waals surface area contributed by atoms with Crippen molar-refractivity contribution < 1.29 is 19.4 Å². The molecule has 0 radical (unpaired) electrons. The molecule has 0 aliphatic carbocycles. The van der Waals surface area contributed by atoms with Crippen molar-refractivity contribution in [3.8, 4) is 0 Å². The summed E-state index contributed by atoms with van der Waals surface area (Å²) in [4.78, 5) is 22.0. The average molecular weight is 218 g/mol. The van der Waals surface area contributed by atoms with E-state index in [2.05, 4.69) is 10.1 Å². The highest BCUT2D eigenvalue weighted by molar-refractivity contribution is 5.83. The molecule has 4 N–H and O–H groups in total. The summed E-state index contributed by atoms with van der Waals surface area (Å²) in [6, 6.07) is -0.993. The molecular weight excluding hydrogens is 200 g/mol. The van der Waals surface area contributed by atoms with Crippen LogP contribution in [0.15, 0.2) is 0 Å². The van der Waals surface area contributed by atoms with Crippen LogP contribution in [0.2, 0.25) is 0 Å². The van der Waals surface area contributed by atoms with Crippen molar-refractivity contribution in [2.45, 2.75) is 19.4 Å². The lowest BCUT2D eigenvalue weighted by Gasteiger charge is -2.14. The number of nitrogens with two attached hydrogens (primary N) is 1. The van der Waals surface area contributed by atoms with Gasteiger partial charge in [0.15, 0.2) is 6.04 Å². The summed E-state index contributed by atoms with van der Waals surface area (Å²) in [5.74, 6) is -1.38. The van der Waals surface area contributed by atoms with Crippen molar-refractivity contribution in [2.24, 2.45) is 11.7 Å². The highest BCUT2D eigenvalue weighted by atomic mass is 16.5. The van der Waals surface area contributed by atoms with Gasteiger partial charge in [0, 0.05) is 13.5 Å². The first-order valence-electron chi connectivity index (χ1n) is 4.72. The first-order chi connectivity index (χ1) is 7.01. The summed E-state index contributed by atoms with van der Waals surface area (Å²) < 4.78 is 4.68. The summed E-state index contributed by atoms with van der Waals surface area (Å²) in [5.41, 5.74) is 5.35. The summed E-state index contributed by atoms with van der Waals surface area (Å²) in [6.45, 7) is 2.18. The molecule has 2 unspecified atom stereocenters. The first kappa shape index (κ1) is 13.9. The molecule has 0 spiro atoms. The average Bonchev–Trinajstić information content (AvgIpc) is 2.16. The molecule has 0 aromatic carbocycles. The molecule has 0 fully saturated rings. The van der Waals surface area contributed by atoms with Gasteiger partial charge in [0.1, 0.15) is 0 Å². The third-order valence-electron chi connectivity index (χ3n) is 1.90. The Morgan fingerprint density at radius 3 is 2.53 bits per heavy atom. The zero-order chi connectivity index (χ0) is 11.8. The number of carboxylic acid groups (broad SMARTS) is 1. The molecule has 0 aromatic heterocycles. The van der Waals surface area contributed by atoms with Crippen LogP contribution >= 0.6 is 0 Å². The van der Waals surface area contributed by atoms with Crippen LogP contribution in [0.3, 0.4) is 0 Å². The van der Waals surface area contributed by atoms with E-state index in [9.17, 15) is 9.59 Å². The Labute approximate surface area is 88.8 Å². The summed E-state index contributed by atoms with van der Waals surface area (Å²) in [5, 5.41) is 11.1. The fourth-order valence-electron chi connectivity index (χ4n) is 0.994. The minimum Gasteiger partial charge on any atom is -0.480 e. The van der Waals surface area contributed by atoms with Crippen LogP contribution in [0.25, 0.3) is 0 Å². The van der Waals surface area contributed by atoms with Crippen LogP contribution in [0.4, 0.5) is 0 Å². The van der Waals surface area contributed by atoms with E-state index in [1.54, 1.807) is 0 Å². The molecule has 0 heterocycles. The van der Waals surface area contributed by atoms with Gasteiger partial charge in [-0.25, -0.2) is 4.79 Å². The van der Waals surface area contributed by atoms with E-state index in [0.717, 1.165) is 0 Å². The molecular formula is C9H18N2O4. The van der Waals surface area contributed by atoms with Gasteiger partial charge < -0.3 is 20.9 Å². The number of amides is 1. The lowest BCUT2D eigenvalue weighted by atomic mass is 10.1. The van der Waals surface area contributed by atoms with Crippen molar-refractivity contribution in [3.63, 3.8) is 0 Å². The molecule has 88 valence electrons. The van der Waals surface area contributed by atoms with Crippen molar-refractivity contribution in [1.82, 2.24) is 5.32 Å². The predicted octanol–water partition coefficient (Wildman–Crippen LogP) is -0.813. The van der Waals surface area contributed by atoms with Crippen LogP contribution in [-0.2, 0) is 14.3 Å². The number of nitrogens with one attached hydrogen (secondary N) is 1. The fourth-order valence-corrected chi connectivity index (χ4v) is 0.994. The Kier molecular flexibility index (Phi) is 6.64. The van der Waals surface area contributed by atoms with Gasteiger partial charge in [-0.2, -0.15) is 0 Å². The Morgan fingerprint density at radius 2 is 2.13 bits per heavy atom. The number of methoxy groups -OCH3 is 1. The maximum Gasteiger partial charge on any atom is 0.328 e. The Hall–Kier alpha value is -1.14. The largest absolute Gasteiger partial charge is 0.480 e. The monoisotopic (exact) mass is 218 g/mol. The Morgan fingerprint density at radius 1 is 1.53 bits per heavy atom. The second kappa shape index (κ2) is 7.19. The van der Waals surface area contributed by atoms with E-state index >= 15 is 0 Å². The van der Waals surface area contributed by atoms with Gasteiger partial charge in [0.2, 0.25) is 5.91 Å². The number of ether oxygens (including phenoxy) is 1. The number of rotatable bonds is 7. The molecule has 1 amide bonds. The van der Waals surface area contributed by atoms with Gasteiger partial charge in [-0.1, -0.05) is 6.92 Å². The van der Waals surface area contributed by atoms with Crippen LogP contribution in [0.5, 0.6) is 0 Å². The first-order valence-corrected chi connectivity index (χ1v) is 4.72. The summed E-state index contributed by atoms with van der Waals surface area (Å²) >= 11 is 0. The van der Waals surface area contributed by atoms with E-state index in [1.807, 2.05) is 6.92 Å². The van der Waals surface area contributed by atoms with Crippen molar-refractivity contribution >= 4 is 11.9 Å². The molecule has 0 bridgehead atoms. The van der Waals surface area contributed by atoms with E-state index in [0.29, 0.717) is 6.54 Å². The molecule has 0 aliphatic heterocycles. The zero-order valence-electron chi connectivity index (χ0n) is 9.03. The van der Waals surface area contributed by atoms with Crippen LogP contribution < -0.4 is 11.1 Å². The Bertz CT molecular complexity index is 220. The lowest BCUT2D eigenvalue weighted by molar-refractivity contribution is -0.143. The van der Waals surface area contributed by atoms with E-state index < -0.39 is 12.0 Å². The minimum absolute atomic E-state index is 0.0435. The van der Waals surface area contributed by atoms with E-state index in [1.165, 1.54) is 7.11 Å². The third kappa shape index (κ3) is 6.03. The van der Waals surface area contributed by atoms with Gasteiger partial charge >= 0.3 is 5.97 Å². The molecule has 0 rings (SSSR count). The SMILES string of the molecule is COCC(NC(=O)CC(C)CN)C(=O)O. The number of hydrogen-bond acceptors (Lipinski definition) is 4. The van der Waals surface area contributed by atoms with Gasteiger partial charge in [0.25, 0.3) is 0 Å². The van der Waals surface area contributed by atoms with E-state index in [4.69, 9.17) is 10.8 Å². The minimum atomic E-state index is -1.11. The Balaban J connectivity index is 4.05. The standard InChI is InChI=1S/C9H18N2O4/c1-6(4-10)3-8(12)11-7(5-15-2)9(13)14/h6-7H,3-5,10H2,1-2H3,(H,11,12)(H,13,14). The van der Waals surface area contributed by atoms with E-state index in [-0.39, 0.29) is 24.9 Å². The van der Waals surface area contributed by atoms with Gasteiger partial charge in [-0.05, 0) is 12.5 Å². The maximum atomic E-state index is 11.3. The van der Waals surface area contributed by atoms with Crippen molar-refractivity contribution in [2.75, 3.05) is 20.3 Å². The number of hydrogen-bond donors (Lipinski definition) is 3. The fraction of sp³-hybridized carbons (Fsp3) is 0.778. The van der Waals surface area contributed by atoms with Crippen molar-refractivity contribution in [3.05, 3.63) is 0 Å². The van der Waals surface area contributed by atoms with Crippen molar-refractivity contribution in [1.29, 1.82) is 0 Å². The molecule has 15 heavy (non-hydrogen) atoms. The summed E-state index contributed by atoms with van der Waals surface area (Å²) in [7, 11) is 1.38. The maximum absolute atomic E-state index is 11.3. The van der Waals surface area contributed by atoms with Gasteiger partial charge in [0.05, 0.1) is 6.61 Å². The highest BCUT2D eigenvalue weighted by Crippen LogP contribution is 1.99. The number of carbonyl (C=O) groups is 2. The molecule has 0 saturated carbocycles. The third-order valence-corrected chi connectivity index (χ3v) is 1.90. The van der Waals surface area contributed by atoms with Crippen LogP contribution in [0, 0.1) is 5.92 Å². The molecule has 0 saturated heterocycles. The van der Waals surface area contributed by atoms with Crippen LogP contribution in [-0.4, -0.2) is 43.3 Å². The second-order valence-electron chi connectivity index (χ2n) is 3.46. The van der Waals surface area contributed by atoms with Gasteiger partial charge in [-0.3, -0.25) is 4.79 Å². The number of aliphatic carboxylic acids is 1. The molecule has 6 nitrogen and oxygen atoms in total. The molecule has 0 aromatic rings. The topological polar surface area (TPSA) is 102 Å². The second-order valence-corrected chi connectivity index (χ2v) is 3.46. The predicted molar refractivity (Wildman–Crippen MR) is 54.3 cm³/mol. The number of carboxylic acids is 1. The van der Waals surface area contributed by atoms with Crippen LogP contribution in [0.1, 0.15) is 13.3 Å². The quantitative estimate of drug-likeness (QED) is 0.518. The summed E-state index contributed by atoms with van der Waals surface area (Å²) in [6.07, 6.45) is 0.226. The molecule has 2 atom stereocenters. The smallest absolute Gasteiger partial charge is 0.328 e. The van der Waals surface area contributed by atoms with Gasteiger partial charge in [-0.15, -0.1) is 0 Å². The number of carbonyl (C=O) groups excluding carboxylic acids is 1. The molecule has 6 heteroatoms. The normalized spacial score (nSPS) is 14.3. The highest BCUT2D eigenvalue weighted by Gasteiger charge is 2.20. The zero-order valence-corrected chi connectivity index (χ0v) is 9.03.